The Labute approximate surface area is 149 Å². The zero-order valence-corrected chi connectivity index (χ0v) is 15.1. The van der Waals surface area contributed by atoms with E-state index < -0.39 is 45.1 Å². The molecule has 0 aliphatic carbocycles. The van der Waals surface area contributed by atoms with Crippen molar-refractivity contribution in [2.45, 2.75) is 22.0 Å². The van der Waals surface area contributed by atoms with Crippen molar-refractivity contribution in [2.75, 3.05) is 14.2 Å². The van der Waals surface area contributed by atoms with Crippen LogP contribution in [0, 0.1) is 0 Å². The first kappa shape index (κ1) is 23.0. The van der Waals surface area contributed by atoms with Gasteiger partial charge in [-0.2, -0.15) is 26.3 Å². The third-order valence-electron chi connectivity index (χ3n) is 2.38. The summed E-state index contributed by atoms with van der Waals surface area (Å²) in [6, 6.07) is 0. The molecule has 0 saturated heterocycles. The number of carbonyl (C=O) groups is 2. The molecular weight excluding hydrogens is 482 g/mol. The maximum atomic E-state index is 12.3. The van der Waals surface area contributed by atoms with Crippen molar-refractivity contribution >= 4 is 43.4 Å². The monoisotopic (exact) mass is 490 g/mol. The first-order valence-corrected chi connectivity index (χ1v) is 7.60. The van der Waals surface area contributed by atoms with Gasteiger partial charge in [0, 0.05) is 12.2 Å². The summed E-state index contributed by atoms with van der Waals surface area (Å²) in [6.45, 7) is 0. The highest BCUT2D eigenvalue weighted by molar-refractivity contribution is 9.12. The van der Waals surface area contributed by atoms with Crippen LogP contribution in [0.4, 0.5) is 26.3 Å². The molecule has 24 heavy (non-hydrogen) atoms. The van der Waals surface area contributed by atoms with E-state index in [-0.39, 0.29) is 12.2 Å². The van der Waals surface area contributed by atoms with E-state index in [9.17, 15) is 35.9 Å². The van der Waals surface area contributed by atoms with E-state index in [4.69, 9.17) is 0 Å². The van der Waals surface area contributed by atoms with Crippen molar-refractivity contribution in [1.82, 2.24) is 0 Å². The smallest absolute Gasteiger partial charge is 0.454 e. The van der Waals surface area contributed by atoms with Gasteiger partial charge in [0.05, 0.1) is 23.9 Å². The summed E-state index contributed by atoms with van der Waals surface area (Å²) in [5.74, 6) is -5.53. The SMILES string of the molecule is CO/C(=C/C(=O)C(F)(F)F)C(Br)C(Br)/C(=C\C(=O)C(F)(F)F)OC. The lowest BCUT2D eigenvalue weighted by Gasteiger charge is -2.21. The molecule has 0 spiro atoms. The molecule has 0 bridgehead atoms. The van der Waals surface area contributed by atoms with Gasteiger partial charge in [-0.1, -0.05) is 31.9 Å². The molecule has 4 nitrogen and oxygen atoms in total. The van der Waals surface area contributed by atoms with Crippen molar-refractivity contribution in [1.29, 1.82) is 0 Å². The van der Waals surface area contributed by atoms with Crippen LogP contribution < -0.4 is 0 Å². The number of rotatable bonds is 7. The maximum absolute atomic E-state index is 12.3. The first-order chi connectivity index (χ1) is 10.8. The molecule has 2 unspecified atom stereocenters. The van der Waals surface area contributed by atoms with Gasteiger partial charge in [-0.25, -0.2) is 0 Å². The fourth-order valence-corrected chi connectivity index (χ4v) is 2.37. The molecule has 0 radical (unpaired) electrons. The quantitative estimate of drug-likeness (QED) is 0.235. The Hall–Kier alpha value is -1.04. The van der Waals surface area contributed by atoms with Crippen molar-refractivity contribution in [3.8, 4) is 0 Å². The number of hydrogen-bond acceptors (Lipinski definition) is 4. The minimum atomic E-state index is -5.15. The standard InChI is InChI=1S/C12H10Br2F6O4/c1-23-5(3-7(21)11(15,16)17)9(13)10(14)6(24-2)4-8(22)12(18,19)20/h3-4,9-10H,1-2H3/b5-3+,6-4+. The Kier molecular flexibility index (Phi) is 8.50. The molecule has 12 heteroatoms. The molecule has 0 aromatic heterocycles. The van der Waals surface area contributed by atoms with E-state index in [0.717, 1.165) is 14.2 Å². The van der Waals surface area contributed by atoms with Crippen molar-refractivity contribution in [3.63, 3.8) is 0 Å². The van der Waals surface area contributed by atoms with E-state index in [2.05, 4.69) is 41.3 Å². The summed E-state index contributed by atoms with van der Waals surface area (Å²) in [5.41, 5.74) is 0. The highest BCUT2D eigenvalue weighted by atomic mass is 79.9. The number of methoxy groups -OCH3 is 2. The van der Waals surface area contributed by atoms with Crippen LogP contribution in [0.5, 0.6) is 0 Å². The summed E-state index contributed by atoms with van der Waals surface area (Å²) in [5, 5.41) is 0. The number of alkyl halides is 8. The predicted octanol–water partition coefficient (Wildman–Crippen LogP) is 3.84. The van der Waals surface area contributed by atoms with Gasteiger partial charge in [0.2, 0.25) is 0 Å². The molecule has 0 aromatic rings. The van der Waals surface area contributed by atoms with Gasteiger partial charge in [-0.05, 0) is 0 Å². The molecule has 0 aromatic carbocycles. The van der Waals surface area contributed by atoms with E-state index in [1.54, 1.807) is 0 Å². The number of allylic oxidation sites excluding steroid dienone is 4. The van der Waals surface area contributed by atoms with Gasteiger partial charge in [0.1, 0.15) is 11.5 Å². The number of ketones is 2. The zero-order valence-electron chi connectivity index (χ0n) is 12.0. The Morgan fingerprint density at radius 1 is 0.792 bits per heavy atom. The van der Waals surface area contributed by atoms with Crippen LogP contribution in [-0.4, -0.2) is 47.8 Å². The van der Waals surface area contributed by atoms with Crippen LogP contribution in [-0.2, 0) is 19.1 Å². The maximum Gasteiger partial charge on any atom is 0.454 e. The highest BCUT2D eigenvalue weighted by Gasteiger charge is 2.40. The second kappa shape index (κ2) is 8.88. The number of carbonyl (C=O) groups excluding carboxylic acids is 2. The van der Waals surface area contributed by atoms with Crippen molar-refractivity contribution < 1.29 is 45.4 Å². The van der Waals surface area contributed by atoms with Gasteiger partial charge < -0.3 is 9.47 Å². The Morgan fingerprint density at radius 3 is 1.21 bits per heavy atom. The van der Waals surface area contributed by atoms with Gasteiger partial charge in [0.25, 0.3) is 11.6 Å². The third kappa shape index (κ3) is 6.83. The van der Waals surface area contributed by atoms with E-state index in [1.165, 1.54) is 0 Å². The molecule has 0 amide bonds. The topological polar surface area (TPSA) is 52.6 Å². The number of hydrogen-bond donors (Lipinski definition) is 0. The lowest BCUT2D eigenvalue weighted by molar-refractivity contribution is -0.165. The van der Waals surface area contributed by atoms with E-state index in [0.29, 0.717) is 0 Å². The van der Waals surface area contributed by atoms with Crippen LogP contribution in [0.1, 0.15) is 0 Å². The normalized spacial score (nSPS) is 16.4. The summed E-state index contributed by atoms with van der Waals surface area (Å²) in [6.07, 6.45) is -10.0. The van der Waals surface area contributed by atoms with Crippen molar-refractivity contribution in [2.24, 2.45) is 0 Å². The van der Waals surface area contributed by atoms with Gasteiger partial charge in [-0.3, -0.25) is 9.59 Å². The average molecular weight is 492 g/mol. The third-order valence-corrected chi connectivity index (χ3v) is 5.05. The molecule has 0 saturated carbocycles. The van der Waals surface area contributed by atoms with Gasteiger partial charge in [0.15, 0.2) is 0 Å². The molecule has 0 rings (SSSR count). The molecule has 2 atom stereocenters. The van der Waals surface area contributed by atoms with E-state index >= 15 is 0 Å². The fourth-order valence-electron chi connectivity index (χ4n) is 1.21. The van der Waals surface area contributed by atoms with Crippen LogP contribution in [0.25, 0.3) is 0 Å². The average Bonchev–Trinajstić information content (AvgIpc) is 2.46. The summed E-state index contributed by atoms with van der Waals surface area (Å²) in [7, 11) is 1.92. The van der Waals surface area contributed by atoms with Gasteiger partial charge in [-0.15, -0.1) is 0 Å². The molecule has 138 valence electrons. The van der Waals surface area contributed by atoms with Crippen molar-refractivity contribution in [3.05, 3.63) is 23.7 Å². The minimum Gasteiger partial charge on any atom is -0.500 e. The summed E-state index contributed by atoms with van der Waals surface area (Å²) in [4.78, 5) is 19.4. The lowest BCUT2D eigenvalue weighted by Crippen LogP contribution is -2.27. The van der Waals surface area contributed by atoms with Gasteiger partial charge >= 0.3 is 12.4 Å². The molecule has 0 N–H and O–H groups in total. The predicted molar refractivity (Wildman–Crippen MR) is 77.7 cm³/mol. The lowest BCUT2D eigenvalue weighted by atomic mass is 10.1. The van der Waals surface area contributed by atoms with Crippen LogP contribution in [0.15, 0.2) is 23.7 Å². The van der Waals surface area contributed by atoms with Crippen LogP contribution in [0.2, 0.25) is 0 Å². The Morgan fingerprint density at radius 2 is 1.04 bits per heavy atom. The summed E-state index contributed by atoms with van der Waals surface area (Å²) >= 11 is 5.75. The fraction of sp³-hybridized carbons (Fsp3) is 0.500. The number of halogens is 8. The molecule has 0 heterocycles. The highest BCUT2D eigenvalue weighted by Crippen LogP contribution is 2.30. The molecule has 0 aliphatic heterocycles. The number of ether oxygens (including phenoxy) is 2. The Balaban J connectivity index is 5.54. The Bertz CT molecular complexity index is 491. The minimum absolute atomic E-state index is 0.131. The second-order valence-electron chi connectivity index (χ2n) is 4.03. The molecule has 0 fully saturated rings. The zero-order chi connectivity index (χ0) is 19.3. The van der Waals surface area contributed by atoms with E-state index in [1.807, 2.05) is 0 Å². The summed E-state index contributed by atoms with van der Waals surface area (Å²) < 4.78 is 82.8. The second-order valence-corrected chi connectivity index (χ2v) is 6.00. The molecular formula is C12H10Br2F6O4. The van der Waals surface area contributed by atoms with Crippen LogP contribution in [0.3, 0.4) is 0 Å². The first-order valence-electron chi connectivity index (χ1n) is 5.77. The largest absolute Gasteiger partial charge is 0.500 e. The van der Waals surface area contributed by atoms with Crippen LogP contribution >= 0.6 is 31.9 Å². The molecule has 0 aliphatic rings.